The van der Waals surface area contributed by atoms with Crippen LogP contribution in [0, 0.1) is 0 Å². The minimum Gasteiger partial charge on any atom is -0.489 e. The van der Waals surface area contributed by atoms with E-state index >= 15 is 0 Å². The van der Waals surface area contributed by atoms with E-state index in [1.807, 2.05) is 24.3 Å². The number of rotatable bonds is 9. The van der Waals surface area contributed by atoms with Crippen molar-refractivity contribution in [3.05, 3.63) is 99.5 Å². The molecule has 0 saturated heterocycles. The van der Waals surface area contributed by atoms with Crippen molar-refractivity contribution in [2.75, 3.05) is 0 Å². The maximum absolute atomic E-state index is 6.23. The smallest absolute Gasteiger partial charge is 0.120 e. The summed E-state index contributed by atoms with van der Waals surface area (Å²) in [5.41, 5.74) is 3.44. The van der Waals surface area contributed by atoms with E-state index in [0.717, 1.165) is 30.7 Å². The van der Waals surface area contributed by atoms with Gasteiger partial charge in [-0.05, 0) is 41.8 Å². The van der Waals surface area contributed by atoms with Gasteiger partial charge in [-0.2, -0.15) is 0 Å². The van der Waals surface area contributed by atoms with Crippen LogP contribution in [0.5, 0.6) is 5.75 Å². The second-order valence-electron chi connectivity index (χ2n) is 6.80. The summed E-state index contributed by atoms with van der Waals surface area (Å²) in [6.45, 7) is 3.42. The molecule has 1 unspecified atom stereocenters. The van der Waals surface area contributed by atoms with Crippen LogP contribution in [0.3, 0.4) is 0 Å². The average molecular weight is 451 g/mol. The predicted molar refractivity (Wildman–Crippen MR) is 125 cm³/mol. The summed E-state index contributed by atoms with van der Waals surface area (Å²) in [6, 6.07) is 24.6. The Morgan fingerprint density at radius 3 is 2.45 bits per heavy atom. The molecule has 3 aromatic carbocycles. The molecule has 29 heavy (non-hydrogen) atoms. The number of halogens is 3. The first-order valence-electron chi connectivity index (χ1n) is 9.59. The van der Waals surface area contributed by atoms with Crippen molar-refractivity contribution >= 4 is 35.6 Å². The molecule has 5 heteroatoms. The molecule has 154 valence electrons. The molecule has 3 rings (SSSR count). The van der Waals surface area contributed by atoms with Crippen LogP contribution in [0.1, 0.15) is 42.5 Å². The number of hydrogen-bond acceptors (Lipinski definition) is 2. The highest BCUT2D eigenvalue weighted by Gasteiger charge is 2.10. The van der Waals surface area contributed by atoms with Crippen molar-refractivity contribution in [1.29, 1.82) is 0 Å². The Labute approximate surface area is 189 Å². The summed E-state index contributed by atoms with van der Waals surface area (Å²) < 4.78 is 5.94. The van der Waals surface area contributed by atoms with Crippen molar-refractivity contribution < 1.29 is 4.74 Å². The van der Waals surface area contributed by atoms with E-state index in [9.17, 15) is 0 Å². The Morgan fingerprint density at radius 1 is 0.931 bits per heavy atom. The highest BCUT2D eigenvalue weighted by molar-refractivity contribution is 6.35. The Bertz CT molecular complexity index is 886. The fourth-order valence-corrected chi connectivity index (χ4v) is 3.61. The first kappa shape index (κ1) is 23.6. The molecular formula is C24H26Cl3NO. The molecule has 0 aliphatic rings. The topological polar surface area (TPSA) is 21.3 Å². The molecular weight excluding hydrogens is 425 g/mol. The van der Waals surface area contributed by atoms with Gasteiger partial charge in [0, 0.05) is 28.2 Å². The molecule has 0 heterocycles. The minimum atomic E-state index is 0. The third kappa shape index (κ3) is 7.24. The van der Waals surface area contributed by atoms with Gasteiger partial charge >= 0.3 is 0 Å². The second-order valence-corrected chi connectivity index (χ2v) is 7.65. The summed E-state index contributed by atoms with van der Waals surface area (Å²) in [4.78, 5) is 0. The molecule has 1 N–H and O–H groups in total. The molecule has 2 nitrogen and oxygen atoms in total. The molecule has 0 bridgehead atoms. The molecule has 0 radical (unpaired) electrons. The molecule has 1 atom stereocenters. The van der Waals surface area contributed by atoms with Gasteiger partial charge in [0.05, 0.1) is 0 Å². The Morgan fingerprint density at radius 2 is 1.72 bits per heavy atom. The lowest BCUT2D eigenvalue weighted by atomic mass is 10.0. The highest BCUT2D eigenvalue weighted by Crippen LogP contribution is 2.24. The first-order valence-corrected chi connectivity index (χ1v) is 10.4. The summed E-state index contributed by atoms with van der Waals surface area (Å²) in [6.07, 6.45) is 2.24. The van der Waals surface area contributed by atoms with E-state index in [2.05, 4.69) is 54.7 Å². The summed E-state index contributed by atoms with van der Waals surface area (Å²) in [5, 5.41) is 4.93. The molecule has 0 saturated carbocycles. The summed E-state index contributed by atoms with van der Waals surface area (Å²) >= 11 is 12.2. The Kier molecular flexibility index (Phi) is 9.83. The SMILES string of the molecule is CCCC(NCc1cccc(OCc2ccc(Cl)cc2Cl)c1)c1ccccc1.Cl. The van der Waals surface area contributed by atoms with E-state index < -0.39 is 0 Å². The second kappa shape index (κ2) is 12.1. The quantitative estimate of drug-likeness (QED) is 0.362. The molecule has 0 fully saturated rings. The van der Waals surface area contributed by atoms with E-state index in [-0.39, 0.29) is 12.4 Å². The van der Waals surface area contributed by atoms with Crippen molar-refractivity contribution in [2.45, 2.75) is 39.0 Å². The highest BCUT2D eigenvalue weighted by atomic mass is 35.5. The maximum atomic E-state index is 6.23. The van der Waals surface area contributed by atoms with Gasteiger partial charge in [0.15, 0.2) is 0 Å². The van der Waals surface area contributed by atoms with Gasteiger partial charge in [-0.3, -0.25) is 0 Å². The fraction of sp³-hybridized carbons (Fsp3) is 0.250. The van der Waals surface area contributed by atoms with Gasteiger partial charge in [-0.1, -0.05) is 85.1 Å². The van der Waals surface area contributed by atoms with Crippen LogP contribution in [-0.2, 0) is 13.2 Å². The Hall–Kier alpha value is -1.71. The number of hydrogen-bond donors (Lipinski definition) is 1. The van der Waals surface area contributed by atoms with Crippen molar-refractivity contribution in [3.63, 3.8) is 0 Å². The van der Waals surface area contributed by atoms with Gasteiger partial charge in [-0.25, -0.2) is 0 Å². The average Bonchev–Trinajstić information content (AvgIpc) is 2.71. The van der Waals surface area contributed by atoms with Crippen molar-refractivity contribution in [3.8, 4) is 5.75 Å². The standard InChI is InChI=1S/C24H25Cl2NO.ClH/c1-2-7-24(19-9-4-3-5-10-19)27-16-18-8-6-11-22(14-18)28-17-20-12-13-21(25)15-23(20)26;/h3-6,8-15,24,27H,2,7,16-17H2,1H3;1H. The van der Waals surface area contributed by atoms with Crippen LogP contribution in [0.4, 0.5) is 0 Å². The van der Waals surface area contributed by atoms with Crippen molar-refractivity contribution in [2.24, 2.45) is 0 Å². The summed E-state index contributed by atoms with van der Waals surface area (Å²) in [7, 11) is 0. The lowest BCUT2D eigenvalue weighted by Crippen LogP contribution is -2.20. The molecule has 0 aliphatic heterocycles. The number of nitrogens with one attached hydrogen (secondary N) is 1. The van der Waals surface area contributed by atoms with Crippen LogP contribution in [-0.4, -0.2) is 0 Å². The molecule has 0 aliphatic carbocycles. The third-order valence-electron chi connectivity index (χ3n) is 4.64. The number of ether oxygens (including phenoxy) is 1. The maximum Gasteiger partial charge on any atom is 0.120 e. The van der Waals surface area contributed by atoms with Crippen molar-refractivity contribution in [1.82, 2.24) is 5.32 Å². The van der Waals surface area contributed by atoms with Crippen LogP contribution >= 0.6 is 35.6 Å². The number of benzene rings is 3. The van der Waals surface area contributed by atoms with Crippen LogP contribution in [0.25, 0.3) is 0 Å². The van der Waals surface area contributed by atoms with Gasteiger partial charge < -0.3 is 10.1 Å². The Balaban J connectivity index is 0.00000300. The fourth-order valence-electron chi connectivity index (χ4n) is 3.15. The van der Waals surface area contributed by atoms with E-state index in [1.165, 1.54) is 11.1 Å². The summed E-state index contributed by atoms with van der Waals surface area (Å²) in [5.74, 6) is 0.831. The van der Waals surface area contributed by atoms with Gasteiger partial charge in [-0.15, -0.1) is 12.4 Å². The molecule has 0 spiro atoms. The zero-order valence-electron chi connectivity index (χ0n) is 16.4. The molecule has 0 aromatic heterocycles. The molecule has 0 amide bonds. The normalized spacial score (nSPS) is 11.6. The lowest BCUT2D eigenvalue weighted by molar-refractivity contribution is 0.306. The zero-order valence-corrected chi connectivity index (χ0v) is 18.7. The monoisotopic (exact) mass is 449 g/mol. The van der Waals surface area contributed by atoms with Gasteiger partial charge in [0.25, 0.3) is 0 Å². The zero-order chi connectivity index (χ0) is 19.8. The van der Waals surface area contributed by atoms with E-state index in [4.69, 9.17) is 27.9 Å². The largest absolute Gasteiger partial charge is 0.489 e. The van der Waals surface area contributed by atoms with Gasteiger partial charge in [0.1, 0.15) is 12.4 Å². The minimum absolute atomic E-state index is 0. The first-order chi connectivity index (χ1) is 13.7. The lowest BCUT2D eigenvalue weighted by Gasteiger charge is -2.19. The van der Waals surface area contributed by atoms with Crippen LogP contribution in [0.15, 0.2) is 72.8 Å². The van der Waals surface area contributed by atoms with Gasteiger partial charge in [0.2, 0.25) is 0 Å². The van der Waals surface area contributed by atoms with E-state index in [0.29, 0.717) is 22.7 Å². The van der Waals surface area contributed by atoms with Crippen LogP contribution in [0.2, 0.25) is 10.0 Å². The third-order valence-corrected chi connectivity index (χ3v) is 5.23. The van der Waals surface area contributed by atoms with Crippen LogP contribution < -0.4 is 10.1 Å². The molecule has 3 aromatic rings. The predicted octanol–water partition coefficient (Wildman–Crippen LogP) is 7.63. The van der Waals surface area contributed by atoms with E-state index in [1.54, 1.807) is 6.07 Å².